The summed E-state index contributed by atoms with van der Waals surface area (Å²) in [7, 11) is 0. The van der Waals surface area contributed by atoms with E-state index in [1.54, 1.807) is 17.9 Å². The van der Waals surface area contributed by atoms with Gasteiger partial charge in [0.05, 0.1) is 16.9 Å². The van der Waals surface area contributed by atoms with Crippen LogP contribution < -0.4 is 10.6 Å². The number of hydrogen-bond acceptors (Lipinski definition) is 4. The van der Waals surface area contributed by atoms with Crippen LogP contribution in [0.25, 0.3) is 0 Å². The molecule has 0 bridgehead atoms. The molecular formula is C15H21N3O3. The third kappa shape index (κ3) is 2.84. The second-order valence-electron chi connectivity index (χ2n) is 5.70. The molecule has 2 heterocycles. The second kappa shape index (κ2) is 5.71. The summed E-state index contributed by atoms with van der Waals surface area (Å²) in [5, 5.41) is 9.54. The van der Waals surface area contributed by atoms with E-state index < -0.39 is 17.9 Å². The highest BCUT2D eigenvalue weighted by Gasteiger charge is 2.36. The molecule has 1 aliphatic rings. The Balaban J connectivity index is 2.58. The number of carboxylic acids is 1. The van der Waals surface area contributed by atoms with Crippen LogP contribution in [-0.2, 0) is 4.79 Å². The molecular weight excluding hydrogens is 270 g/mol. The Hall–Kier alpha value is -2.11. The first-order chi connectivity index (χ1) is 9.82. The van der Waals surface area contributed by atoms with Crippen molar-refractivity contribution in [3.63, 3.8) is 0 Å². The first-order valence-corrected chi connectivity index (χ1v) is 7.10. The van der Waals surface area contributed by atoms with Gasteiger partial charge < -0.3 is 15.7 Å². The molecule has 21 heavy (non-hydrogen) atoms. The number of nitrogens with two attached hydrogens (primary N) is 1. The zero-order chi connectivity index (χ0) is 15.7. The van der Waals surface area contributed by atoms with Gasteiger partial charge in [0, 0.05) is 12.2 Å². The quantitative estimate of drug-likeness (QED) is 0.879. The summed E-state index contributed by atoms with van der Waals surface area (Å²) in [6, 6.07) is 1.11. The van der Waals surface area contributed by atoms with E-state index >= 15 is 0 Å². The summed E-state index contributed by atoms with van der Waals surface area (Å²) in [5.41, 5.74) is 7.67. The first kappa shape index (κ1) is 15.3. The van der Waals surface area contributed by atoms with Crippen LogP contribution in [0.4, 0.5) is 5.69 Å². The average molecular weight is 291 g/mol. The minimum absolute atomic E-state index is 0.0192. The lowest BCUT2D eigenvalue weighted by Gasteiger charge is -2.39. The number of aromatic nitrogens is 1. The van der Waals surface area contributed by atoms with E-state index in [4.69, 9.17) is 5.73 Å². The normalized spacial score (nSPS) is 22.1. The molecule has 2 rings (SSSR count). The third-order valence-corrected chi connectivity index (χ3v) is 4.05. The molecule has 114 valence electrons. The zero-order valence-corrected chi connectivity index (χ0v) is 12.6. The van der Waals surface area contributed by atoms with Crippen LogP contribution in [-0.4, -0.2) is 34.6 Å². The Morgan fingerprint density at radius 3 is 2.67 bits per heavy atom. The number of carboxylic acid groups (broad SMARTS) is 1. The van der Waals surface area contributed by atoms with Gasteiger partial charge in [-0.3, -0.25) is 9.78 Å². The molecule has 2 atom stereocenters. The number of aliphatic carboxylic acids is 1. The van der Waals surface area contributed by atoms with Crippen LogP contribution in [0.15, 0.2) is 6.07 Å². The fourth-order valence-electron chi connectivity index (χ4n) is 3.17. The van der Waals surface area contributed by atoms with Crippen LogP contribution in [0.1, 0.15) is 41.5 Å². The summed E-state index contributed by atoms with van der Waals surface area (Å²) in [6.45, 7) is 6.07. The molecule has 1 saturated heterocycles. The standard InChI is InChI=1S/C15H21N3O3/c1-8-5-4-6-18(13(8)15(20)21)11-7-9(2)17-10(3)12(11)14(16)19/h7-8,13H,4-6H2,1-3H3,(H2,16,19)(H,20,21). The lowest BCUT2D eigenvalue weighted by Crippen LogP contribution is -2.50. The van der Waals surface area contributed by atoms with Crippen molar-refractivity contribution in [2.45, 2.75) is 39.7 Å². The number of anilines is 1. The second-order valence-corrected chi connectivity index (χ2v) is 5.70. The number of rotatable bonds is 3. The van der Waals surface area contributed by atoms with Crippen LogP contribution in [0, 0.1) is 19.8 Å². The summed E-state index contributed by atoms with van der Waals surface area (Å²) < 4.78 is 0. The maximum Gasteiger partial charge on any atom is 0.326 e. The SMILES string of the molecule is Cc1cc(N2CCCC(C)C2C(=O)O)c(C(N)=O)c(C)n1. The third-order valence-electron chi connectivity index (χ3n) is 4.05. The van der Waals surface area contributed by atoms with Crippen LogP contribution in [0.2, 0.25) is 0 Å². The number of hydrogen-bond donors (Lipinski definition) is 2. The molecule has 1 aliphatic heterocycles. The van der Waals surface area contributed by atoms with Crippen molar-refractivity contribution in [1.82, 2.24) is 4.98 Å². The van der Waals surface area contributed by atoms with Gasteiger partial charge in [-0.15, -0.1) is 0 Å². The maximum atomic E-state index is 11.8. The summed E-state index contributed by atoms with van der Waals surface area (Å²) in [5.74, 6) is -1.42. The highest BCUT2D eigenvalue weighted by Crippen LogP contribution is 2.32. The van der Waals surface area contributed by atoms with Crippen molar-refractivity contribution in [3.8, 4) is 0 Å². The number of aryl methyl sites for hydroxylation is 2. The highest BCUT2D eigenvalue weighted by molar-refractivity contribution is 6.00. The summed E-state index contributed by atoms with van der Waals surface area (Å²) in [6.07, 6.45) is 1.76. The van der Waals surface area contributed by atoms with Gasteiger partial charge in [-0.2, -0.15) is 0 Å². The average Bonchev–Trinajstić information content (AvgIpc) is 2.36. The van der Waals surface area contributed by atoms with Crippen molar-refractivity contribution in [1.29, 1.82) is 0 Å². The molecule has 1 aromatic rings. The summed E-state index contributed by atoms with van der Waals surface area (Å²) in [4.78, 5) is 29.4. The number of carbonyl (C=O) groups excluding carboxylic acids is 1. The fraction of sp³-hybridized carbons (Fsp3) is 0.533. The van der Waals surface area contributed by atoms with E-state index in [0.29, 0.717) is 23.5 Å². The van der Waals surface area contributed by atoms with E-state index in [9.17, 15) is 14.7 Å². The molecule has 1 amide bonds. The number of pyridine rings is 1. The molecule has 1 fully saturated rings. The van der Waals surface area contributed by atoms with Crippen molar-refractivity contribution in [3.05, 3.63) is 23.0 Å². The van der Waals surface area contributed by atoms with Crippen molar-refractivity contribution >= 4 is 17.6 Å². The molecule has 0 aromatic carbocycles. The highest BCUT2D eigenvalue weighted by atomic mass is 16.4. The van der Waals surface area contributed by atoms with Gasteiger partial charge in [-0.05, 0) is 38.7 Å². The van der Waals surface area contributed by atoms with Gasteiger partial charge in [0.2, 0.25) is 0 Å². The van der Waals surface area contributed by atoms with E-state index in [1.807, 2.05) is 13.8 Å². The number of carbonyl (C=O) groups is 2. The van der Waals surface area contributed by atoms with Gasteiger partial charge in [0.25, 0.3) is 5.91 Å². The Labute approximate surface area is 124 Å². The molecule has 0 aliphatic carbocycles. The van der Waals surface area contributed by atoms with E-state index in [0.717, 1.165) is 18.5 Å². The Morgan fingerprint density at radius 1 is 1.43 bits per heavy atom. The van der Waals surface area contributed by atoms with Crippen molar-refractivity contribution in [2.24, 2.45) is 11.7 Å². The molecule has 2 unspecified atom stereocenters. The number of amides is 1. The smallest absolute Gasteiger partial charge is 0.326 e. The van der Waals surface area contributed by atoms with Crippen LogP contribution >= 0.6 is 0 Å². The Morgan fingerprint density at radius 2 is 2.10 bits per heavy atom. The van der Waals surface area contributed by atoms with E-state index in [-0.39, 0.29) is 5.92 Å². The predicted molar refractivity (Wildman–Crippen MR) is 79.4 cm³/mol. The Bertz CT molecular complexity index is 586. The molecule has 3 N–H and O–H groups in total. The maximum absolute atomic E-state index is 11.8. The van der Waals surface area contributed by atoms with Gasteiger partial charge >= 0.3 is 5.97 Å². The van der Waals surface area contributed by atoms with Gasteiger partial charge in [0.15, 0.2) is 0 Å². The topological polar surface area (TPSA) is 96.5 Å². The molecule has 0 radical (unpaired) electrons. The minimum Gasteiger partial charge on any atom is -0.480 e. The van der Waals surface area contributed by atoms with Crippen molar-refractivity contribution in [2.75, 3.05) is 11.4 Å². The lowest BCUT2D eigenvalue weighted by molar-refractivity contribution is -0.140. The molecule has 6 heteroatoms. The first-order valence-electron chi connectivity index (χ1n) is 7.10. The number of primary amides is 1. The fourth-order valence-corrected chi connectivity index (χ4v) is 3.17. The van der Waals surface area contributed by atoms with Gasteiger partial charge in [0.1, 0.15) is 6.04 Å². The van der Waals surface area contributed by atoms with Crippen molar-refractivity contribution < 1.29 is 14.7 Å². The van der Waals surface area contributed by atoms with Gasteiger partial charge in [-0.1, -0.05) is 6.92 Å². The molecule has 0 spiro atoms. The van der Waals surface area contributed by atoms with Gasteiger partial charge in [-0.25, -0.2) is 4.79 Å². The minimum atomic E-state index is -0.871. The van der Waals surface area contributed by atoms with E-state index in [1.165, 1.54) is 0 Å². The summed E-state index contributed by atoms with van der Waals surface area (Å²) >= 11 is 0. The molecule has 6 nitrogen and oxygen atoms in total. The number of nitrogens with zero attached hydrogens (tertiary/aromatic N) is 2. The number of piperidine rings is 1. The largest absolute Gasteiger partial charge is 0.480 e. The predicted octanol–water partition coefficient (Wildman–Crippen LogP) is 1.49. The zero-order valence-electron chi connectivity index (χ0n) is 12.6. The Kier molecular flexibility index (Phi) is 4.16. The lowest BCUT2D eigenvalue weighted by atomic mass is 9.89. The van der Waals surface area contributed by atoms with E-state index in [2.05, 4.69) is 4.98 Å². The van der Waals surface area contributed by atoms with Crippen LogP contribution in [0.5, 0.6) is 0 Å². The monoisotopic (exact) mass is 291 g/mol. The molecule has 0 saturated carbocycles. The van der Waals surface area contributed by atoms with Crippen LogP contribution in [0.3, 0.4) is 0 Å². The molecule has 1 aromatic heterocycles.